The third kappa shape index (κ3) is 2.00. The molecule has 94 valence electrons. The van der Waals surface area contributed by atoms with Crippen LogP contribution in [0.2, 0.25) is 0 Å². The minimum Gasteiger partial charge on any atom is -0.398 e. The molecule has 0 bridgehead atoms. The molecule has 0 saturated carbocycles. The lowest BCUT2D eigenvalue weighted by Gasteiger charge is -2.31. The van der Waals surface area contributed by atoms with Crippen LogP contribution in [0.25, 0.3) is 0 Å². The zero-order valence-corrected chi connectivity index (χ0v) is 10.5. The molecule has 3 rings (SSSR count). The fourth-order valence-corrected chi connectivity index (χ4v) is 2.52. The number of fused-ring (bicyclic) bond motifs is 1. The Morgan fingerprint density at radius 1 is 1.26 bits per heavy atom. The Morgan fingerprint density at radius 2 is 2.16 bits per heavy atom. The van der Waals surface area contributed by atoms with E-state index in [0.29, 0.717) is 12.1 Å². The number of aromatic nitrogens is 1. The molecule has 0 amide bonds. The third-order valence-electron chi connectivity index (χ3n) is 3.52. The summed E-state index contributed by atoms with van der Waals surface area (Å²) in [5, 5.41) is 9.16. The quantitative estimate of drug-likeness (QED) is 0.787. The van der Waals surface area contributed by atoms with E-state index in [1.54, 1.807) is 18.3 Å². The molecule has 4 nitrogen and oxygen atoms in total. The Labute approximate surface area is 112 Å². The van der Waals surface area contributed by atoms with E-state index in [0.717, 1.165) is 30.0 Å². The number of nitrogens with two attached hydrogens (primary N) is 1. The molecule has 1 aromatic heterocycles. The van der Waals surface area contributed by atoms with Crippen LogP contribution in [0.4, 0.5) is 11.5 Å². The maximum absolute atomic E-state index is 9.16. The Balaban J connectivity index is 1.98. The molecule has 0 unspecified atom stereocenters. The van der Waals surface area contributed by atoms with Gasteiger partial charge in [0, 0.05) is 25.0 Å². The van der Waals surface area contributed by atoms with Gasteiger partial charge in [0.15, 0.2) is 0 Å². The largest absolute Gasteiger partial charge is 0.398 e. The minimum absolute atomic E-state index is 0.612. The maximum Gasteiger partial charge on any atom is 0.146 e. The summed E-state index contributed by atoms with van der Waals surface area (Å²) in [5.41, 5.74) is 9.92. The number of pyridine rings is 1. The van der Waals surface area contributed by atoms with E-state index in [1.165, 1.54) is 5.56 Å². The molecule has 2 heterocycles. The molecule has 1 aliphatic heterocycles. The third-order valence-corrected chi connectivity index (χ3v) is 3.52. The lowest BCUT2D eigenvalue weighted by Crippen LogP contribution is -2.32. The standard InChI is InChI=1S/C15H14N4/c16-9-12-4-2-7-18-15(12)19-8-6-11-3-1-5-14(17)13(11)10-19/h1-5,7H,6,8,10,17H2. The lowest BCUT2D eigenvalue weighted by atomic mass is 9.98. The number of anilines is 2. The summed E-state index contributed by atoms with van der Waals surface area (Å²) in [5.74, 6) is 0.749. The van der Waals surface area contributed by atoms with Crippen LogP contribution < -0.4 is 10.6 Å². The van der Waals surface area contributed by atoms with Crippen LogP contribution in [0.15, 0.2) is 36.5 Å². The summed E-state index contributed by atoms with van der Waals surface area (Å²) in [4.78, 5) is 6.46. The first-order chi connectivity index (χ1) is 9.29. The molecule has 0 spiro atoms. The van der Waals surface area contributed by atoms with Crippen molar-refractivity contribution in [2.45, 2.75) is 13.0 Å². The predicted molar refractivity (Wildman–Crippen MR) is 74.6 cm³/mol. The Morgan fingerprint density at radius 3 is 3.00 bits per heavy atom. The normalized spacial score (nSPS) is 13.7. The van der Waals surface area contributed by atoms with Gasteiger partial charge in [0.05, 0.1) is 5.56 Å². The van der Waals surface area contributed by atoms with Gasteiger partial charge in [-0.15, -0.1) is 0 Å². The van der Waals surface area contributed by atoms with E-state index in [9.17, 15) is 0 Å². The highest BCUT2D eigenvalue weighted by Gasteiger charge is 2.20. The summed E-state index contributed by atoms with van der Waals surface area (Å²) in [7, 11) is 0. The minimum atomic E-state index is 0.612. The Hall–Kier alpha value is -2.54. The van der Waals surface area contributed by atoms with E-state index in [-0.39, 0.29) is 0 Å². The van der Waals surface area contributed by atoms with Crippen LogP contribution in [-0.4, -0.2) is 11.5 Å². The Kier molecular flexibility index (Phi) is 2.81. The van der Waals surface area contributed by atoms with Crippen molar-refractivity contribution in [3.05, 3.63) is 53.2 Å². The van der Waals surface area contributed by atoms with Crippen LogP contribution >= 0.6 is 0 Å². The van der Waals surface area contributed by atoms with Crippen molar-refractivity contribution in [3.63, 3.8) is 0 Å². The van der Waals surface area contributed by atoms with Crippen molar-refractivity contribution >= 4 is 11.5 Å². The fraction of sp³-hybridized carbons (Fsp3) is 0.200. The molecule has 19 heavy (non-hydrogen) atoms. The first-order valence-electron chi connectivity index (χ1n) is 6.26. The van der Waals surface area contributed by atoms with Crippen molar-refractivity contribution < 1.29 is 0 Å². The number of rotatable bonds is 1. The van der Waals surface area contributed by atoms with Crippen molar-refractivity contribution in [3.8, 4) is 6.07 Å². The van der Waals surface area contributed by atoms with E-state index >= 15 is 0 Å². The van der Waals surface area contributed by atoms with E-state index in [4.69, 9.17) is 11.0 Å². The topological polar surface area (TPSA) is 65.9 Å². The highest BCUT2D eigenvalue weighted by molar-refractivity contribution is 5.59. The van der Waals surface area contributed by atoms with Gasteiger partial charge in [0.25, 0.3) is 0 Å². The van der Waals surface area contributed by atoms with Gasteiger partial charge in [0.1, 0.15) is 11.9 Å². The number of nitrogens with zero attached hydrogens (tertiary/aromatic N) is 3. The second-order valence-corrected chi connectivity index (χ2v) is 4.64. The first kappa shape index (κ1) is 11.5. The van der Waals surface area contributed by atoms with Crippen LogP contribution in [0.3, 0.4) is 0 Å². The summed E-state index contributed by atoms with van der Waals surface area (Å²) >= 11 is 0. The van der Waals surface area contributed by atoms with Gasteiger partial charge in [-0.3, -0.25) is 0 Å². The van der Waals surface area contributed by atoms with Gasteiger partial charge in [-0.05, 0) is 35.7 Å². The van der Waals surface area contributed by atoms with E-state index < -0.39 is 0 Å². The summed E-state index contributed by atoms with van der Waals surface area (Å²) in [6.07, 6.45) is 2.65. The molecule has 0 fully saturated rings. The molecule has 4 heteroatoms. The van der Waals surface area contributed by atoms with Gasteiger partial charge in [-0.1, -0.05) is 12.1 Å². The van der Waals surface area contributed by atoms with Gasteiger partial charge in [-0.25, -0.2) is 4.98 Å². The number of nitrogen functional groups attached to an aromatic ring is 1. The van der Waals surface area contributed by atoms with Crippen molar-refractivity contribution in [1.82, 2.24) is 4.98 Å². The lowest BCUT2D eigenvalue weighted by molar-refractivity contribution is 0.721. The van der Waals surface area contributed by atoms with Gasteiger partial charge < -0.3 is 10.6 Å². The van der Waals surface area contributed by atoms with Crippen LogP contribution in [0.1, 0.15) is 16.7 Å². The van der Waals surface area contributed by atoms with Crippen LogP contribution in [0.5, 0.6) is 0 Å². The summed E-state index contributed by atoms with van der Waals surface area (Å²) in [6, 6.07) is 11.8. The van der Waals surface area contributed by atoms with Crippen LogP contribution in [-0.2, 0) is 13.0 Å². The molecule has 0 aliphatic carbocycles. The summed E-state index contributed by atoms with van der Waals surface area (Å²) < 4.78 is 0. The van der Waals surface area contributed by atoms with Crippen LogP contribution in [0, 0.1) is 11.3 Å². The Bertz CT molecular complexity index is 657. The molecule has 2 aromatic rings. The average Bonchev–Trinajstić information content (AvgIpc) is 2.47. The summed E-state index contributed by atoms with van der Waals surface area (Å²) in [6.45, 7) is 1.58. The second-order valence-electron chi connectivity index (χ2n) is 4.64. The zero-order chi connectivity index (χ0) is 13.2. The molecule has 2 N–H and O–H groups in total. The smallest absolute Gasteiger partial charge is 0.146 e. The highest BCUT2D eigenvalue weighted by atomic mass is 15.2. The maximum atomic E-state index is 9.16. The number of nitriles is 1. The molecule has 0 saturated heterocycles. The van der Waals surface area contributed by atoms with Gasteiger partial charge >= 0.3 is 0 Å². The molecule has 1 aromatic carbocycles. The van der Waals surface area contributed by atoms with Gasteiger partial charge in [0.2, 0.25) is 0 Å². The van der Waals surface area contributed by atoms with Gasteiger partial charge in [-0.2, -0.15) is 5.26 Å². The first-order valence-corrected chi connectivity index (χ1v) is 6.26. The fourth-order valence-electron chi connectivity index (χ4n) is 2.52. The van der Waals surface area contributed by atoms with E-state index in [2.05, 4.69) is 22.0 Å². The van der Waals surface area contributed by atoms with E-state index in [1.807, 2.05) is 12.1 Å². The van der Waals surface area contributed by atoms with Crippen molar-refractivity contribution in [2.75, 3.05) is 17.2 Å². The monoisotopic (exact) mass is 250 g/mol. The molecule has 0 radical (unpaired) electrons. The molecule has 1 aliphatic rings. The highest BCUT2D eigenvalue weighted by Crippen LogP contribution is 2.28. The predicted octanol–water partition coefficient (Wildman–Crippen LogP) is 2.10. The number of benzene rings is 1. The zero-order valence-electron chi connectivity index (χ0n) is 10.5. The molecule has 0 atom stereocenters. The van der Waals surface area contributed by atoms with Crippen molar-refractivity contribution in [1.29, 1.82) is 5.26 Å². The number of hydrogen-bond acceptors (Lipinski definition) is 4. The molecular weight excluding hydrogens is 236 g/mol. The molecular formula is C15H14N4. The average molecular weight is 250 g/mol. The number of hydrogen-bond donors (Lipinski definition) is 1. The van der Waals surface area contributed by atoms with Crippen molar-refractivity contribution in [2.24, 2.45) is 0 Å². The SMILES string of the molecule is N#Cc1cccnc1N1CCc2cccc(N)c2C1. The second kappa shape index (κ2) is 4.62.